The number of aryl methyl sites for hydroxylation is 2. The Bertz CT molecular complexity index is 900. The minimum Gasteiger partial charge on any atom is -0.480 e. The van der Waals surface area contributed by atoms with Gasteiger partial charge in [-0.2, -0.15) is 5.10 Å². The van der Waals surface area contributed by atoms with Crippen molar-refractivity contribution in [3.05, 3.63) is 46.3 Å². The molecule has 0 saturated carbocycles. The van der Waals surface area contributed by atoms with Crippen LogP contribution >= 0.6 is 0 Å². The molecule has 136 valence electrons. The Hall–Kier alpha value is -2.63. The number of hydrogen-bond donors (Lipinski definition) is 1. The lowest BCUT2D eigenvalue weighted by Gasteiger charge is -2.20. The van der Waals surface area contributed by atoms with Crippen LogP contribution in [0.4, 0.5) is 0 Å². The third-order valence-corrected chi connectivity index (χ3v) is 5.51. The van der Waals surface area contributed by atoms with Crippen LogP contribution in [0.3, 0.4) is 0 Å². The summed E-state index contributed by atoms with van der Waals surface area (Å²) in [6.45, 7) is 4.59. The maximum atomic E-state index is 13.1. The van der Waals surface area contributed by atoms with Gasteiger partial charge in [-0.15, -0.1) is 0 Å². The summed E-state index contributed by atoms with van der Waals surface area (Å²) >= 11 is 0. The summed E-state index contributed by atoms with van der Waals surface area (Å²) in [4.78, 5) is 26.0. The normalized spacial score (nSPS) is 19.0. The zero-order chi connectivity index (χ0) is 18.4. The van der Waals surface area contributed by atoms with Crippen LogP contribution < -0.4 is 0 Å². The molecule has 26 heavy (non-hydrogen) atoms. The summed E-state index contributed by atoms with van der Waals surface area (Å²) in [5.74, 6) is -1.17. The van der Waals surface area contributed by atoms with E-state index in [0.717, 1.165) is 48.2 Å². The van der Waals surface area contributed by atoms with Crippen LogP contribution in [0.1, 0.15) is 52.1 Å². The Labute approximate surface area is 152 Å². The summed E-state index contributed by atoms with van der Waals surface area (Å²) in [6, 6.07) is 5.47. The van der Waals surface area contributed by atoms with E-state index in [1.165, 1.54) is 10.5 Å². The predicted molar refractivity (Wildman–Crippen MR) is 96.8 cm³/mol. The summed E-state index contributed by atoms with van der Waals surface area (Å²) < 4.78 is 1.90. The Morgan fingerprint density at radius 2 is 2.00 bits per heavy atom. The highest BCUT2D eigenvalue weighted by Crippen LogP contribution is 2.31. The van der Waals surface area contributed by atoms with Gasteiger partial charge in [-0.05, 0) is 57.6 Å². The molecule has 4 rings (SSSR count). The van der Waals surface area contributed by atoms with Crippen molar-refractivity contribution in [1.29, 1.82) is 0 Å². The molecule has 2 aliphatic rings. The number of rotatable bonds is 3. The minimum absolute atomic E-state index is 0.239. The molecule has 1 aromatic carbocycles. The molecule has 6 nitrogen and oxygen atoms in total. The van der Waals surface area contributed by atoms with E-state index in [9.17, 15) is 14.7 Å². The number of fused-ring (bicyclic) bond motifs is 1. The second-order valence-electron chi connectivity index (χ2n) is 7.32. The molecule has 1 aliphatic carbocycles. The van der Waals surface area contributed by atoms with Crippen molar-refractivity contribution >= 4 is 11.9 Å². The Morgan fingerprint density at radius 3 is 2.73 bits per heavy atom. The lowest BCUT2D eigenvalue weighted by molar-refractivity contribution is -0.141. The monoisotopic (exact) mass is 353 g/mol. The molecule has 0 spiro atoms. The molecule has 1 atom stereocenters. The molecule has 1 fully saturated rings. The average molecular weight is 353 g/mol. The van der Waals surface area contributed by atoms with Crippen molar-refractivity contribution in [3.63, 3.8) is 0 Å². The lowest BCUT2D eigenvalue weighted by Crippen LogP contribution is -2.40. The van der Waals surface area contributed by atoms with Crippen molar-refractivity contribution < 1.29 is 14.7 Å². The predicted octanol–water partition coefficient (Wildman–Crippen LogP) is 2.67. The highest BCUT2D eigenvalue weighted by Gasteiger charge is 2.38. The van der Waals surface area contributed by atoms with Crippen LogP contribution in [-0.4, -0.2) is 44.3 Å². The van der Waals surface area contributed by atoms with Gasteiger partial charge in [-0.25, -0.2) is 9.48 Å². The van der Waals surface area contributed by atoms with Gasteiger partial charge in [-0.1, -0.05) is 17.7 Å². The first kappa shape index (κ1) is 16.8. The molecule has 1 aliphatic heterocycles. The zero-order valence-corrected chi connectivity index (χ0v) is 15.2. The van der Waals surface area contributed by atoms with Crippen LogP contribution in [0.5, 0.6) is 0 Å². The Kier molecular flexibility index (Phi) is 4.05. The third kappa shape index (κ3) is 2.60. The van der Waals surface area contributed by atoms with Crippen molar-refractivity contribution in [1.82, 2.24) is 14.7 Å². The van der Waals surface area contributed by atoms with Crippen molar-refractivity contribution in [2.24, 2.45) is 0 Å². The second-order valence-corrected chi connectivity index (χ2v) is 7.32. The maximum Gasteiger partial charge on any atom is 0.326 e. The van der Waals surface area contributed by atoms with E-state index in [0.29, 0.717) is 18.7 Å². The summed E-state index contributed by atoms with van der Waals surface area (Å²) in [6.07, 6.45) is 3.96. The van der Waals surface area contributed by atoms with Gasteiger partial charge in [0.1, 0.15) is 6.04 Å². The fourth-order valence-corrected chi connectivity index (χ4v) is 4.25. The van der Waals surface area contributed by atoms with E-state index in [2.05, 4.69) is 18.1 Å². The van der Waals surface area contributed by atoms with Crippen LogP contribution in [0.2, 0.25) is 0 Å². The molecule has 0 radical (unpaired) electrons. The topological polar surface area (TPSA) is 75.4 Å². The van der Waals surface area contributed by atoms with Gasteiger partial charge >= 0.3 is 5.97 Å². The van der Waals surface area contributed by atoms with E-state index in [4.69, 9.17) is 0 Å². The fourth-order valence-electron chi connectivity index (χ4n) is 4.25. The number of hydrogen-bond acceptors (Lipinski definition) is 3. The van der Waals surface area contributed by atoms with Crippen LogP contribution in [-0.2, 0) is 17.6 Å². The molecule has 6 heteroatoms. The summed E-state index contributed by atoms with van der Waals surface area (Å²) in [7, 11) is 0. The van der Waals surface area contributed by atoms with Gasteiger partial charge < -0.3 is 10.0 Å². The van der Waals surface area contributed by atoms with Crippen molar-refractivity contribution in [2.45, 2.75) is 52.0 Å². The highest BCUT2D eigenvalue weighted by atomic mass is 16.4. The SMILES string of the molecule is Cc1ccc(-n2nc(C(=O)N3CCCC3C(=O)O)c3c2CCC3)c(C)c1. The van der Waals surface area contributed by atoms with Crippen LogP contribution in [0.15, 0.2) is 18.2 Å². The molecular weight excluding hydrogens is 330 g/mol. The molecular formula is C20H23N3O3. The van der Waals surface area contributed by atoms with Gasteiger partial charge in [0.25, 0.3) is 5.91 Å². The average Bonchev–Trinajstić information content (AvgIpc) is 3.30. The first-order valence-corrected chi connectivity index (χ1v) is 9.19. The number of amides is 1. The van der Waals surface area contributed by atoms with Crippen LogP contribution in [0, 0.1) is 13.8 Å². The zero-order valence-electron chi connectivity index (χ0n) is 15.2. The number of aliphatic carboxylic acids is 1. The molecule has 0 bridgehead atoms. The smallest absolute Gasteiger partial charge is 0.326 e. The first-order valence-electron chi connectivity index (χ1n) is 9.19. The van der Waals surface area contributed by atoms with Gasteiger partial charge in [0.05, 0.1) is 5.69 Å². The number of nitrogens with zero attached hydrogens (tertiary/aromatic N) is 3. The van der Waals surface area contributed by atoms with Crippen LogP contribution in [0.25, 0.3) is 5.69 Å². The van der Waals surface area contributed by atoms with E-state index in [-0.39, 0.29) is 5.91 Å². The fraction of sp³-hybridized carbons (Fsp3) is 0.450. The van der Waals surface area contributed by atoms with E-state index < -0.39 is 12.0 Å². The lowest BCUT2D eigenvalue weighted by atomic mass is 10.1. The van der Waals surface area contributed by atoms with Gasteiger partial charge in [0.2, 0.25) is 0 Å². The molecule has 2 heterocycles. The van der Waals surface area contributed by atoms with E-state index in [1.807, 2.05) is 23.7 Å². The van der Waals surface area contributed by atoms with Crippen molar-refractivity contribution in [3.8, 4) is 5.69 Å². The molecule has 1 aromatic heterocycles. The Morgan fingerprint density at radius 1 is 1.19 bits per heavy atom. The minimum atomic E-state index is -0.929. The second kappa shape index (κ2) is 6.27. The molecule has 1 saturated heterocycles. The number of likely N-dealkylation sites (tertiary alicyclic amines) is 1. The molecule has 1 unspecified atom stereocenters. The molecule has 1 amide bonds. The highest BCUT2D eigenvalue weighted by molar-refractivity contribution is 5.97. The third-order valence-electron chi connectivity index (χ3n) is 5.51. The maximum absolute atomic E-state index is 13.1. The standard InChI is InChI=1S/C20H23N3O3/c1-12-8-9-15(13(2)11-12)23-16-6-3-5-14(16)18(21-23)19(24)22-10-4-7-17(22)20(25)26/h8-9,11,17H,3-7,10H2,1-2H3,(H,25,26). The number of carboxylic acid groups (broad SMARTS) is 1. The molecule has 1 N–H and O–H groups in total. The van der Waals surface area contributed by atoms with Gasteiger partial charge in [0, 0.05) is 17.8 Å². The Balaban J connectivity index is 1.77. The van der Waals surface area contributed by atoms with Crippen molar-refractivity contribution in [2.75, 3.05) is 6.54 Å². The summed E-state index contributed by atoms with van der Waals surface area (Å²) in [5.41, 5.74) is 5.81. The number of benzene rings is 1. The molecule has 2 aromatic rings. The number of carboxylic acids is 1. The number of carbonyl (C=O) groups excluding carboxylic acids is 1. The van der Waals surface area contributed by atoms with E-state index >= 15 is 0 Å². The number of carbonyl (C=O) groups is 2. The van der Waals surface area contributed by atoms with Gasteiger partial charge in [0.15, 0.2) is 5.69 Å². The largest absolute Gasteiger partial charge is 0.480 e. The van der Waals surface area contributed by atoms with E-state index in [1.54, 1.807) is 0 Å². The van der Waals surface area contributed by atoms with Gasteiger partial charge in [-0.3, -0.25) is 4.79 Å². The summed E-state index contributed by atoms with van der Waals surface area (Å²) in [5, 5.41) is 14.1. The first-order chi connectivity index (χ1) is 12.5. The number of aromatic nitrogens is 2. The quantitative estimate of drug-likeness (QED) is 0.920.